The molecule has 2 atom stereocenters. The van der Waals surface area contributed by atoms with E-state index in [1.165, 1.54) is 0 Å². The molecule has 0 bridgehead atoms. The topological polar surface area (TPSA) is 78.9 Å². The smallest absolute Gasteiger partial charge is 0.260 e. The van der Waals surface area contributed by atoms with Crippen LogP contribution in [0.2, 0.25) is 0 Å². The molecule has 0 spiro atoms. The quantitative estimate of drug-likeness (QED) is 0.837. The number of likely N-dealkylation sites (tertiary alicyclic amines) is 1. The van der Waals surface area contributed by atoms with Crippen molar-refractivity contribution in [2.45, 2.75) is 52.7 Å². The molecule has 2 N–H and O–H groups in total. The number of para-hydroxylation sites is 1. The molecule has 1 aromatic carbocycles. The summed E-state index contributed by atoms with van der Waals surface area (Å²) in [6.45, 7) is 8.48. The molecule has 2 rings (SSSR count). The molecule has 1 heterocycles. The molecule has 1 saturated heterocycles. The number of ether oxygens (including phenoxy) is 1. The van der Waals surface area contributed by atoms with Crippen LogP contribution in [0.5, 0.6) is 5.75 Å². The van der Waals surface area contributed by atoms with Gasteiger partial charge in [-0.15, -0.1) is 0 Å². The molecular formula is C20H30N2O4. The molecule has 144 valence electrons. The van der Waals surface area contributed by atoms with E-state index in [2.05, 4.69) is 5.32 Å². The lowest BCUT2D eigenvalue weighted by atomic mass is 10.1. The van der Waals surface area contributed by atoms with Crippen molar-refractivity contribution in [2.24, 2.45) is 5.92 Å². The van der Waals surface area contributed by atoms with E-state index in [0.717, 1.165) is 16.9 Å². The summed E-state index contributed by atoms with van der Waals surface area (Å²) >= 11 is 0. The first kappa shape index (κ1) is 20.2. The maximum atomic E-state index is 12.5. The van der Waals surface area contributed by atoms with Crippen LogP contribution >= 0.6 is 0 Å². The van der Waals surface area contributed by atoms with Crippen molar-refractivity contribution in [1.29, 1.82) is 0 Å². The Kier molecular flexibility index (Phi) is 7.03. The summed E-state index contributed by atoms with van der Waals surface area (Å²) in [7, 11) is 0. The molecule has 2 amide bonds. The Balaban J connectivity index is 1.91. The molecule has 26 heavy (non-hydrogen) atoms. The molecule has 1 fully saturated rings. The van der Waals surface area contributed by atoms with Gasteiger partial charge in [-0.25, -0.2) is 0 Å². The highest BCUT2D eigenvalue weighted by atomic mass is 16.5. The predicted octanol–water partition coefficient (Wildman–Crippen LogP) is 1.81. The summed E-state index contributed by atoms with van der Waals surface area (Å²) in [6.07, 6.45) is 0.336. The van der Waals surface area contributed by atoms with Crippen LogP contribution in [0.15, 0.2) is 18.2 Å². The first-order valence-corrected chi connectivity index (χ1v) is 9.24. The van der Waals surface area contributed by atoms with Crippen LogP contribution < -0.4 is 10.1 Å². The first-order valence-electron chi connectivity index (χ1n) is 9.24. The minimum atomic E-state index is -0.643. The van der Waals surface area contributed by atoms with Crippen LogP contribution in [-0.4, -0.2) is 53.7 Å². The number of aryl methyl sites for hydroxylation is 2. The number of hydrogen-bond donors (Lipinski definition) is 2. The number of aliphatic hydroxyl groups is 1. The number of benzene rings is 1. The highest BCUT2D eigenvalue weighted by Gasteiger charge is 2.28. The number of nitrogens with one attached hydrogen (secondary N) is 1. The van der Waals surface area contributed by atoms with Crippen molar-refractivity contribution in [3.8, 4) is 5.75 Å². The van der Waals surface area contributed by atoms with Gasteiger partial charge >= 0.3 is 0 Å². The van der Waals surface area contributed by atoms with Gasteiger partial charge in [0.05, 0.1) is 12.1 Å². The van der Waals surface area contributed by atoms with Crippen LogP contribution in [0.25, 0.3) is 0 Å². The highest BCUT2D eigenvalue weighted by molar-refractivity contribution is 5.79. The van der Waals surface area contributed by atoms with Gasteiger partial charge in [-0.3, -0.25) is 9.59 Å². The minimum absolute atomic E-state index is 0.0230. The number of rotatable bonds is 5. The zero-order chi connectivity index (χ0) is 19.3. The number of aliphatic hydroxyl groups excluding tert-OH is 1. The fourth-order valence-corrected chi connectivity index (χ4v) is 3.11. The molecule has 1 aliphatic rings. The lowest BCUT2D eigenvalue weighted by Crippen LogP contribution is -2.44. The lowest BCUT2D eigenvalue weighted by Gasteiger charge is -2.22. The minimum Gasteiger partial charge on any atom is -0.483 e. The number of carbonyl (C=O) groups is 2. The standard InChI is InChI=1S/C20H30N2O4/c1-13(2)20(25)21-16-8-10-22(11-9-17(16)23)18(24)12-26-19-14(3)6-5-7-15(19)4/h5-7,13,16-17,23H,8-12H2,1-4H3,(H,21,25)/t16-,17-/m0/s1. The average molecular weight is 362 g/mol. The van der Waals surface area contributed by atoms with Gasteiger partial charge in [-0.05, 0) is 37.8 Å². The fraction of sp³-hybridized carbons (Fsp3) is 0.600. The van der Waals surface area contributed by atoms with Gasteiger partial charge in [0.2, 0.25) is 5.91 Å². The van der Waals surface area contributed by atoms with Gasteiger partial charge in [0.15, 0.2) is 6.61 Å². The van der Waals surface area contributed by atoms with E-state index in [-0.39, 0.29) is 30.4 Å². The number of nitrogens with zero attached hydrogens (tertiary/aromatic N) is 1. The second-order valence-electron chi connectivity index (χ2n) is 7.30. The number of carbonyl (C=O) groups excluding carboxylic acids is 2. The van der Waals surface area contributed by atoms with Crippen LogP contribution in [0.3, 0.4) is 0 Å². The molecule has 1 aromatic rings. The summed E-state index contributed by atoms with van der Waals surface area (Å²) in [5.74, 6) is 0.439. The molecular weight excluding hydrogens is 332 g/mol. The van der Waals surface area contributed by atoms with E-state index in [4.69, 9.17) is 4.74 Å². The Hall–Kier alpha value is -2.08. The Labute approximate surface area is 155 Å². The van der Waals surface area contributed by atoms with Crippen LogP contribution in [-0.2, 0) is 9.59 Å². The number of hydrogen-bond acceptors (Lipinski definition) is 4. The second-order valence-corrected chi connectivity index (χ2v) is 7.30. The first-order chi connectivity index (χ1) is 12.3. The molecule has 0 unspecified atom stereocenters. The third-order valence-corrected chi connectivity index (χ3v) is 4.82. The zero-order valence-electron chi connectivity index (χ0n) is 16.1. The molecule has 0 radical (unpaired) electrons. The molecule has 0 aromatic heterocycles. The van der Waals surface area contributed by atoms with E-state index in [1.54, 1.807) is 4.90 Å². The van der Waals surface area contributed by atoms with Gasteiger partial charge in [0.1, 0.15) is 5.75 Å². The highest BCUT2D eigenvalue weighted by Crippen LogP contribution is 2.22. The second kappa shape index (κ2) is 9.03. The maximum Gasteiger partial charge on any atom is 0.260 e. The summed E-state index contributed by atoms with van der Waals surface area (Å²) in [6, 6.07) is 5.55. The third kappa shape index (κ3) is 5.21. The Morgan fingerprint density at radius 3 is 2.46 bits per heavy atom. The number of amides is 2. The van der Waals surface area contributed by atoms with Crippen molar-refractivity contribution in [3.05, 3.63) is 29.3 Å². The molecule has 6 heteroatoms. The van der Waals surface area contributed by atoms with Crippen LogP contribution in [0.4, 0.5) is 0 Å². The van der Waals surface area contributed by atoms with E-state index in [9.17, 15) is 14.7 Å². The van der Waals surface area contributed by atoms with Crippen molar-refractivity contribution >= 4 is 11.8 Å². The summed E-state index contributed by atoms with van der Waals surface area (Å²) in [4.78, 5) is 26.1. The largest absolute Gasteiger partial charge is 0.483 e. The zero-order valence-corrected chi connectivity index (χ0v) is 16.1. The Bertz CT molecular complexity index is 624. The average Bonchev–Trinajstić information content (AvgIpc) is 2.76. The van der Waals surface area contributed by atoms with Crippen molar-refractivity contribution in [3.63, 3.8) is 0 Å². The molecule has 0 aliphatic carbocycles. The maximum absolute atomic E-state index is 12.5. The fourth-order valence-electron chi connectivity index (χ4n) is 3.11. The van der Waals surface area contributed by atoms with Crippen molar-refractivity contribution < 1.29 is 19.4 Å². The SMILES string of the molecule is Cc1cccc(C)c1OCC(=O)N1CC[C@H](NC(=O)C(C)C)[C@@H](O)CC1. The van der Waals surface area contributed by atoms with Crippen LogP contribution in [0.1, 0.15) is 37.8 Å². The summed E-state index contributed by atoms with van der Waals surface area (Å²) in [5, 5.41) is 13.2. The van der Waals surface area contributed by atoms with Gasteiger partial charge in [-0.2, -0.15) is 0 Å². The molecule has 0 saturated carbocycles. The van der Waals surface area contributed by atoms with Gasteiger partial charge in [0.25, 0.3) is 5.91 Å². The van der Waals surface area contributed by atoms with Gasteiger partial charge < -0.3 is 20.1 Å². The van der Waals surface area contributed by atoms with E-state index >= 15 is 0 Å². The van der Waals surface area contributed by atoms with Gasteiger partial charge in [0, 0.05) is 19.0 Å². The van der Waals surface area contributed by atoms with E-state index in [1.807, 2.05) is 45.9 Å². The molecule has 6 nitrogen and oxygen atoms in total. The Morgan fingerprint density at radius 1 is 1.23 bits per heavy atom. The van der Waals surface area contributed by atoms with Crippen LogP contribution in [0, 0.1) is 19.8 Å². The normalized spacial score (nSPS) is 20.6. The van der Waals surface area contributed by atoms with E-state index < -0.39 is 6.10 Å². The predicted molar refractivity (Wildman–Crippen MR) is 100 cm³/mol. The monoisotopic (exact) mass is 362 g/mol. The lowest BCUT2D eigenvalue weighted by molar-refractivity contribution is -0.133. The Morgan fingerprint density at radius 2 is 1.85 bits per heavy atom. The van der Waals surface area contributed by atoms with Crippen molar-refractivity contribution in [1.82, 2.24) is 10.2 Å². The third-order valence-electron chi connectivity index (χ3n) is 4.82. The van der Waals surface area contributed by atoms with Gasteiger partial charge in [-0.1, -0.05) is 32.0 Å². The summed E-state index contributed by atoms with van der Waals surface area (Å²) in [5.41, 5.74) is 2.00. The summed E-state index contributed by atoms with van der Waals surface area (Å²) < 4.78 is 5.75. The molecule has 1 aliphatic heterocycles. The van der Waals surface area contributed by atoms with E-state index in [0.29, 0.717) is 25.9 Å². The van der Waals surface area contributed by atoms with Crippen molar-refractivity contribution in [2.75, 3.05) is 19.7 Å².